The molecule has 20 heavy (non-hydrogen) atoms. The first-order chi connectivity index (χ1) is 8.85. The second-order valence-electron chi connectivity index (χ2n) is 5.47. The predicted molar refractivity (Wildman–Crippen MR) is 78.0 cm³/mol. The Bertz CT molecular complexity index is 391. The van der Waals surface area contributed by atoms with Gasteiger partial charge in [0.15, 0.2) is 0 Å². The van der Waals surface area contributed by atoms with Crippen molar-refractivity contribution in [3.63, 3.8) is 0 Å². The van der Waals surface area contributed by atoms with Gasteiger partial charge in [-0.2, -0.15) is 0 Å². The quantitative estimate of drug-likeness (QED) is 0.579. The van der Waals surface area contributed by atoms with Crippen molar-refractivity contribution < 1.29 is 24.8 Å². The summed E-state index contributed by atoms with van der Waals surface area (Å²) in [5.41, 5.74) is 1.41. The minimum atomic E-state index is 0. The molecule has 3 aliphatic rings. The first-order valence-electron chi connectivity index (χ1n) is 6.94. The highest BCUT2D eigenvalue weighted by atomic mass is 35.5. The zero-order valence-electron chi connectivity index (χ0n) is 11.8. The van der Waals surface area contributed by atoms with Crippen LogP contribution in [0, 0.1) is 5.92 Å². The van der Waals surface area contributed by atoms with Crippen molar-refractivity contribution in [2.45, 2.75) is 30.3 Å². The topological polar surface area (TPSA) is 15.3 Å². The van der Waals surface area contributed by atoms with Gasteiger partial charge in [-0.3, -0.25) is 0 Å². The number of fused-ring (bicyclic) bond motifs is 3. The molecule has 3 heterocycles. The molecular weight excluding hydrogens is 311 g/mol. The van der Waals surface area contributed by atoms with E-state index in [9.17, 15) is 0 Å². The van der Waals surface area contributed by atoms with Gasteiger partial charge < -0.3 is 35.0 Å². The number of hydrogen-bond acceptors (Lipinski definition) is 3. The molecule has 0 amide bonds. The fourth-order valence-corrected chi connectivity index (χ4v) is 3.60. The molecule has 0 aromatic heterocycles. The van der Waals surface area contributed by atoms with Crippen LogP contribution in [0.3, 0.4) is 0 Å². The lowest BCUT2D eigenvalue weighted by Gasteiger charge is -2.45. The van der Waals surface area contributed by atoms with Crippen molar-refractivity contribution >= 4 is 11.8 Å². The molecule has 2 bridgehead atoms. The van der Waals surface area contributed by atoms with E-state index in [0.29, 0.717) is 6.04 Å². The molecule has 5 heteroatoms. The number of rotatable bonds is 4. The van der Waals surface area contributed by atoms with Crippen LogP contribution in [0.2, 0.25) is 0 Å². The summed E-state index contributed by atoms with van der Waals surface area (Å²) in [4.78, 5) is 3.95. The number of thioether (sulfide) groups is 1. The van der Waals surface area contributed by atoms with E-state index in [0.717, 1.165) is 12.5 Å². The average Bonchev–Trinajstić information content (AvgIpc) is 2.47. The predicted octanol–water partition coefficient (Wildman–Crippen LogP) is -3.40. The number of piperidine rings is 3. The summed E-state index contributed by atoms with van der Waals surface area (Å²) in [6.45, 7) is 4.92. The smallest absolute Gasteiger partial charge is 0.0227 e. The number of nitrogens with zero attached hydrogens (tertiary/aromatic N) is 1. The van der Waals surface area contributed by atoms with Crippen molar-refractivity contribution in [3.05, 3.63) is 29.8 Å². The van der Waals surface area contributed by atoms with E-state index >= 15 is 0 Å². The Morgan fingerprint density at radius 3 is 2.30 bits per heavy atom. The number of nitrogens with one attached hydrogen (secondary N) is 1. The lowest BCUT2D eigenvalue weighted by atomic mass is 9.84. The van der Waals surface area contributed by atoms with Crippen LogP contribution in [0.25, 0.3) is 0 Å². The van der Waals surface area contributed by atoms with Gasteiger partial charge in [-0.1, -0.05) is 12.1 Å². The molecule has 1 N–H and O–H groups in total. The first kappa shape index (κ1) is 18.1. The van der Waals surface area contributed by atoms with E-state index in [2.05, 4.69) is 40.7 Å². The lowest BCUT2D eigenvalue weighted by Crippen LogP contribution is -3.00. The molecule has 3 aliphatic heterocycles. The Morgan fingerprint density at radius 1 is 1.15 bits per heavy atom. The average molecular weight is 333 g/mol. The van der Waals surface area contributed by atoms with E-state index in [-0.39, 0.29) is 24.8 Å². The molecule has 1 atom stereocenters. The molecule has 4 rings (SSSR count). The molecule has 2 nitrogen and oxygen atoms in total. The molecule has 1 aromatic carbocycles. The molecule has 3 fully saturated rings. The molecule has 1 unspecified atom stereocenters. The second-order valence-corrected chi connectivity index (χ2v) is 6.35. The van der Waals surface area contributed by atoms with Crippen molar-refractivity contribution in [1.29, 1.82) is 0 Å². The van der Waals surface area contributed by atoms with Gasteiger partial charge in [-0.05, 0) is 55.8 Å². The van der Waals surface area contributed by atoms with E-state index in [1.165, 1.54) is 42.9 Å². The largest absolute Gasteiger partial charge is 1.00 e. The van der Waals surface area contributed by atoms with Crippen molar-refractivity contribution in [3.8, 4) is 0 Å². The molecule has 114 valence electrons. The van der Waals surface area contributed by atoms with Crippen LogP contribution in [0.5, 0.6) is 0 Å². The van der Waals surface area contributed by atoms with Gasteiger partial charge in [-0.15, -0.1) is 11.8 Å². The van der Waals surface area contributed by atoms with Gasteiger partial charge in [0.2, 0.25) is 0 Å². The highest BCUT2D eigenvalue weighted by Gasteiger charge is 2.33. The number of halogens is 2. The molecule has 0 aliphatic carbocycles. The van der Waals surface area contributed by atoms with E-state index < -0.39 is 0 Å². The fourth-order valence-electron chi connectivity index (χ4n) is 3.19. The van der Waals surface area contributed by atoms with Crippen LogP contribution < -0.4 is 30.1 Å². The van der Waals surface area contributed by atoms with Crippen LogP contribution in [-0.4, -0.2) is 36.8 Å². The summed E-state index contributed by atoms with van der Waals surface area (Å²) in [5.74, 6) is 0.917. The highest BCUT2D eigenvalue weighted by molar-refractivity contribution is 7.98. The Labute approximate surface area is 138 Å². The maximum Gasteiger partial charge on any atom is 0.0227 e. The van der Waals surface area contributed by atoms with Gasteiger partial charge >= 0.3 is 0 Å². The Balaban J connectivity index is 0.000001000. The molecule has 0 saturated carbocycles. The standard InChI is InChI=1S/C15H22N2S.2ClH/c1-18-14-4-2-12(3-5-14)10-16-15-11-17-8-6-13(15)7-9-17;;/h2-5,13,15-16H,6-11H2,1H3;2*1H/p-2. The van der Waals surface area contributed by atoms with Crippen LogP contribution in [-0.2, 0) is 6.54 Å². The Hall–Kier alpha value is 0.0700. The summed E-state index contributed by atoms with van der Waals surface area (Å²) in [7, 11) is 0. The van der Waals surface area contributed by atoms with Crippen molar-refractivity contribution in [2.24, 2.45) is 5.92 Å². The van der Waals surface area contributed by atoms with Gasteiger partial charge in [0, 0.05) is 24.0 Å². The zero-order valence-corrected chi connectivity index (χ0v) is 14.1. The van der Waals surface area contributed by atoms with Crippen LogP contribution in [0.4, 0.5) is 0 Å². The number of hydrogen-bond donors (Lipinski definition) is 1. The zero-order chi connectivity index (χ0) is 12.4. The van der Waals surface area contributed by atoms with E-state index in [1.807, 2.05) is 0 Å². The van der Waals surface area contributed by atoms with E-state index in [1.54, 1.807) is 11.8 Å². The number of benzene rings is 1. The molecule has 3 saturated heterocycles. The Kier molecular flexibility index (Phi) is 7.70. The van der Waals surface area contributed by atoms with Crippen molar-refractivity contribution in [2.75, 3.05) is 25.9 Å². The maximum atomic E-state index is 3.76. The van der Waals surface area contributed by atoms with E-state index in [4.69, 9.17) is 0 Å². The normalized spacial score (nSPS) is 27.6. The summed E-state index contributed by atoms with van der Waals surface area (Å²) >= 11 is 1.81. The van der Waals surface area contributed by atoms with Gasteiger partial charge in [0.05, 0.1) is 0 Å². The summed E-state index contributed by atoms with van der Waals surface area (Å²) in [6.07, 6.45) is 4.91. The van der Waals surface area contributed by atoms with Crippen LogP contribution in [0.1, 0.15) is 18.4 Å². The van der Waals surface area contributed by atoms with Crippen LogP contribution >= 0.6 is 11.8 Å². The second kappa shape index (κ2) is 8.50. The van der Waals surface area contributed by atoms with Gasteiger partial charge in [0.25, 0.3) is 0 Å². The third-order valence-corrected chi connectivity index (χ3v) is 5.13. The summed E-state index contributed by atoms with van der Waals surface area (Å²) < 4.78 is 0. The Morgan fingerprint density at radius 2 is 1.80 bits per heavy atom. The highest BCUT2D eigenvalue weighted by Crippen LogP contribution is 2.27. The van der Waals surface area contributed by atoms with Gasteiger partial charge in [-0.25, -0.2) is 0 Å². The molecule has 0 radical (unpaired) electrons. The monoisotopic (exact) mass is 332 g/mol. The molecule has 1 aromatic rings. The van der Waals surface area contributed by atoms with Crippen LogP contribution in [0.15, 0.2) is 29.2 Å². The molecular formula is C15H22Cl2N2S-2. The third-order valence-electron chi connectivity index (χ3n) is 4.38. The van der Waals surface area contributed by atoms with Crippen molar-refractivity contribution in [1.82, 2.24) is 10.2 Å². The minimum absolute atomic E-state index is 0. The minimum Gasteiger partial charge on any atom is -1.00 e. The maximum absolute atomic E-state index is 3.76. The SMILES string of the molecule is CSc1ccc(CNC2CN3CCC2CC3)cc1.[Cl-].[Cl-]. The summed E-state index contributed by atoms with van der Waals surface area (Å²) in [6, 6.07) is 9.66. The lowest BCUT2D eigenvalue weighted by molar-refractivity contribution is -0.00100. The van der Waals surface area contributed by atoms with Gasteiger partial charge in [0.1, 0.15) is 0 Å². The first-order valence-corrected chi connectivity index (χ1v) is 8.16. The third kappa shape index (κ3) is 4.28. The molecule has 0 spiro atoms. The fraction of sp³-hybridized carbons (Fsp3) is 0.600. The summed E-state index contributed by atoms with van der Waals surface area (Å²) in [5, 5.41) is 3.76.